The van der Waals surface area contributed by atoms with Crippen LogP contribution in [0.15, 0.2) is 48.5 Å². The quantitative estimate of drug-likeness (QED) is 0.148. The predicted molar refractivity (Wildman–Crippen MR) is 296 cm³/mol. The average molecular weight is 1100 g/mol. The summed E-state index contributed by atoms with van der Waals surface area (Å²) in [6.07, 6.45) is 4.04. The smallest absolute Gasteiger partial charge is 0.450 e. The minimum Gasteiger partial charge on any atom is -0.454 e. The maximum absolute atomic E-state index is 11.8. The van der Waals surface area contributed by atoms with Crippen molar-refractivity contribution in [2.75, 3.05) is 6.61 Å². The van der Waals surface area contributed by atoms with Gasteiger partial charge in [0, 0.05) is 58.2 Å². The number of aryl methyl sites for hydroxylation is 1. The number of hydrogen-bond acceptors (Lipinski definition) is 10. The minimum atomic E-state index is -4.70. The van der Waals surface area contributed by atoms with E-state index >= 15 is 0 Å². The molecule has 0 spiro atoms. The van der Waals surface area contributed by atoms with E-state index < -0.39 is 39.6 Å². The van der Waals surface area contributed by atoms with Gasteiger partial charge in [-0.15, -0.1) is 0 Å². The lowest BCUT2D eigenvalue weighted by atomic mass is 9.81. The van der Waals surface area contributed by atoms with Gasteiger partial charge in [0.25, 0.3) is 0 Å². The van der Waals surface area contributed by atoms with Crippen molar-refractivity contribution >= 4 is 75.4 Å². The summed E-state index contributed by atoms with van der Waals surface area (Å²) in [5, 5.41) is 0.409. The molecule has 0 saturated heterocycles. The summed E-state index contributed by atoms with van der Waals surface area (Å²) in [7, 11) is 0. The van der Waals surface area contributed by atoms with Gasteiger partial charge in [-0.1, -0.05) is 230 Å². The lowest BCUT2D eigenvalue weighted by molar-refractivity contribution is -0.179. The number of hydrogen-bond donors (Lipinski definition) is 0. The number of ketones is 8. The van der Waals surface area contributed by atoms with Gasteiger partial charge in [-0.3, -0.25) is 38.4 Å². The highest BCUT2D eigenvalue weighted by Crippen LogP contribution is 2.30. The normalized spacial score (nSPS) is 13.1. The van der Waals surface area contributed by atoms with Gasteiger partial charge in [0.15, 0.2) is 24.0 Å². The molecule has 0 bridgehead atoms. The first-order chi connectivity index (χ1) is 33.7. The van der Waals surface area contributed by atoms with E-state index in [1.54, 1.807) is 47.6 Å². The van der Waals surface area contributed by atoms with E-state index in [2.05, 4.69) is 0 Å². The van der Waals surface area contributed by atoms with E-state index in [4.69, 9.17) is 27.9 Å². The zero-order chi connectivity index (χ0) is 59.7. The van der Waals surface area contributed by atoms with Crippen molar-refractivity contribution in [2.24, 2.45) is 38.4 Å². The van der Waals surface area contributed by atoms with Gasteiger partial charge in [-0.05, 0) is 30.0 Å². The third-order valence-electron chi connectivity index (χ3n) is 11.1. The highest BCUT2D eigenvalue weighted by molar-refractivity contribution is 6.40. The van der Waals surface area contributed by atoms with Gasteiger partial charge in [0.1, 0.15) is 11.6 Å². The van der Waals surface area contributed by atoms with Gasteiger partial charge in [0.05, 0.1) is 15.6 Å². The van der Waals surface area contributed by atoms with Crippen molar-refractivity contribution in [3.8, 4) is 0 Å². The van der Waals surface area contributed by atoms with E-state index in [1.807, 2.05) is 106 Å². The molecule has 3 rings (SSSR count). The second-order valence-corrected chi connectivity index (χ2v) is 25.5. The van der Waals surface area contributed by atoms with Crippen LogP contribution in [0.5, 0.6) is 0 Å². The zero-order valence-electron chi connectivity index (χ0n) is 48.9. The molecular weight excluding hydrogens is 1010 g/mol. The Morgan fingerprint density at radius 1 is 0.507 bits per heavy atom. The molecule has 10 nitrogen and oxygen atoms in total. The summed E-state index contributed by atoms with van der Waals surface area (Å²) >= 11 is 11.7. The Labute approximate surface area is 458 Å². The first-order valence-corrected chi connectivity index (χ1v) is 26.4. The van der Waals surface area contributed by atoms with Gasteiger partial charge >= 0.3 is 12.1 Å². The molecule has 0 heterocycles. The molecule has 0 atom stereocenters. The highest BCUT2D eigenvalue weighted by atomic mass is 35.5. The summed E-state index contributed by atoms with van der Waals surface area (Å²) < 4.78 is 39.7. The molecule has 1 aliphatic carbocycles. The van der Waals surface area contributed by atoms with Crippen molar-refractivity contribution in [1.82, 2.24) is 0 Å². The molecule has 0 N–H and O–H groups in total. The van der Waals surface area contributed by atoms with Crippen LogP contribution in [0.4, 0.5) is 13.2 Å². The Bertz CT molecular complexity index is 2100. The van der Waals surface area contributed by atoms with Crippen LogP contribution in [-0.4, -0.2) is 65.0 Å². The number of carbonyl (C=O) groups is 9. The highest BCUT2D eigenvalue weighted by Gasteiger charge is 2.45. The fourth-order valence-electron chi connectivity index (χ4n) is 6.20. The summed E-state index contributed by atoms with van der Waals surface area (Å²) in [6, 6.07) is 14.4. The lowest BCUT2D eigenvalue weighted by Gasteiger charge is -2.22. The molecule has 1 fully saturated rings. The van der Waals surface area contributed by atoms with Gasteiger partial charge in [-0.2, -0.15) is 13.2 Å². The molecule has 0 radical (unpaired) electrons. The van der Waals surface area contributed by atoms with E-state index in [0.29, 0.717) is 49.6 Å². The monoisotopic (exact) mass is 1100 g/mol. The predicted octanol–water partition coefficient (Wildman–Crippen LogP) is 15.9. The standard InChI is InChI=1S/C14H18O2.C13H14Cl2O3.C13H22O2.2C7H14O.C6H9F3O/c1-14(2,3)13(16)12(15)10-9-11-7-5-4-6-8-11;1-13(2,3)10(16)7-18-12(17)11-8(14)5-4-6-9(11)15;1-13(2,3)12(15)11(14)9-10-7-5-4-6-8-10;2*1-5-6(8)7(2,3)4;1-5(2,3)4(10)6(7,8)9/h4-8H,9-10H2,1-3H3;4-6H,7H2,1-3H3;10H,4-9H2,1-3H3;2*5H2,1-4H3;1-3H3. The van der Waals surface area contributed by atoms with Crippen LogP contribution in [-0.2, 0) is 49.5 Å². The SMILES string of the molecule is CC(C)(C)C(=O)C(=O)CC1CCCCC1.CC(C)(C)C(=O)C(=O)CCc1ccccc1.CC(C)(C)C(=O)C(F)(F)F.CC(C)(C)C(=O)COC(=O)c1c(Cl)cccc1Cl.CCC(=O)C(C)(C)C.CCC(=O)C(C)(C)C. The van der Waals surface area contributed by atoms with E-state index in [9.17, 15) is 56.3 Å². The maximum atomic E-state index is 11.8. The van der Waals surface area contributed by atoms with Crippen LogP contribution in [0, 0.1) is 38.4 Å². The largest absolute Gasteiger partial charge is 0.454 e. The molecule has 426 valence electrons. The molecule has 0 amide bonds. The van der Waals surface area contributed by atoms with Crippen LogP contribution in [0.1, 0.15) is 212 Å². The maximum Gasteiger partial charge on any atom is 0.450 e. The Kier molecular flexibility index (Phi) is 33.0. The number of ether oxygens (including phenoxy) is 1. The summed E-state index contributed by atoms with van der Waals surface area (Å²) in [5.74, 6) is -2.31. The Hall–Kier alpha value is -4.36. The Morgan fingerprint density at radius 3 is 1.20 bits per heavy atom. The molecule has 0 aliphatic heterocycles. The van der Waals surface area contributed by atoms with Crippen LogP contribution in [0.3, 0.4) is 0 Å². The van der Waals surface area contributed by atoms with Crippen LogP contribution in [0.2, 0.25) is 10.0 Å². The van der Waals surface area contributed by atoms with Gasteiger partial charge in [-0.25, -0.2) is 4.79 Å². The molecular formula is C60H91Cl2F3O10. The molecule has 0 aromatic heterocycles. The Balaban J connectivity index is -0.000000853. The molecule has 1 aliphatic rings. The van der Waals surface area contributed by atoms with Crippen LogP contribution < -0.4 is 0 Å². The van der Waals surface area contributed by atoms with Gasteiger partial charge < -0.3 is 4.74 Å². The molecule has 2 aromatic carbocycles. The Morgan fingerprint density at radius 2 is 0.893 bits per heavy atom. The zero-order valence-corrected chi connectivity index (χ0v) is 50.5. The number of esters is 1. The summed E-state index contributed by atoms with van der Waals surface area (Å²) in [6.45, 7) is 34.9. The van der Waals surface area contributed by atoms with Crippen molar-refractivity contribution < 1.29 is 61.1 Å². The number of carbonyl (C=O) groups excluding carboxylic acids is 9. The molecule has 15 heteroatoms. The van der Waals surface area contributed by atoms with E-state index in [-0.39, 0.29) is 62.0 Å². The lowest BCUT2D eigenvalue weighted by Crippen LogP contribution is -2.34. The van der Waals surface area contributed by atoms with Crippen molar-refractivity contribution in [3.63, 3.8) is 0 Å². The molecule has 1 saturated carbocycles. The number of alkyl halides is 3. The first kappa shape index (κ1) is 74.9. The third-order valence-corrected chi connectivity index (χ3v) is 11.8. The number of rotatable bonds is 12. The number of Topliss-reactive ketones (excluding diaryl/α,β-unsaturated/α-hetero) is 8. The summed E-state index contributed by atoms with van der Waals surface area (Å²) in [4.78, 5) is 102. The third kappa shape index (κ3) is 33.4. The van der Waals surface area contributed by atoms with Crippen molar-refractivity contribution in [2.45, 2.75) is 209 Å². The number of benzene rings is 2. The van der Waals surface area contributed by atoms with Gasteiger partial charge in [0.2, 0.25) is 17.3 Å². The first-order valence-electron chi connectivity index (χ1n) is 25.7. The average Bonchev–Trinajstić information content (AvgIpc) is 3.28. The minimum absolute atomic E-state index is 0.0857. The van der Waals surface area contributed by atoms with Crippen LogP contribution >= 0.6 is 23.2 Å². The fourth-order valence-corrected chi connectivity index (χ4v) is 6.75. The van der Waals surface area contributed by atoms with E-state index in [0.717, 1.165) is 18.4 Å². The van der Waals surface area contributed by atoms with Crippen LogP contribution in [0.25, 0.3) is 0 Å². The topological polar surface area (TPSA) is 163 Å². The van der Waals surface area contributed by atoms with Crippen molar-refractivity contribution in [3.05, 3.63) is 69.7 Å². The summed E-state index contributed by atoms with van der Waals surface area (Å²) in [5.41, 5.74) is -2.02. The number of halogens is 5. The second-order valence-electron chi connectivity index (χ2n) is 24.7. The molecule has 2 aromatic rings. The molecule has 75 heavy (non-hydrogen) atoms. The molecule has 0 unspecified atom stereocenters. The van der Waals surface area contributed by atoms with E-state index in [1.165, 1.54) is 52.2 Å². The second kappa shape index (κ2) is 33.0. The fraction of sp³-hybridized carbons (Fsp3) is 0.650. The van der Waals surface area contributed by atoms with Crippen molar-refractivity contribution in [1.29, 1.82) is 0 Å².